The van der Waals surface area contributed by atoms with E-state index >= 15 is 0 Å². The SMILES string of the molecule is CNC(=O)CCN1C(=O)C(NC(=O)c2cc3cc(Cl)sc3[nH]2)Cc2ccccc21. The van der Waals surface area contributed by atoms with Gasteiger partial charge in [0.15, 0.2) is 0 Å². The standard InChI is InChI=1S/C20H19ClN4O3S/c1-22-17(26)6-7-25-15-5-3-2-4-11(15)8-14(20(25)28)23-18(27)13-9-12-10-16(21)29-19(12)24-13/h2-5,9-10,14,24H,6-8H2,1H3,(H,22,26)(H,23,27). The van der Waals surface area contributed by atoms with Crippen LogP contribution in [0.4, 0.5) is 5.69 Å². The van der Waals surface area contributed by atoms with Crippen molar-refractivity contribution in [3.8, 4) is 0 Å². The zero-order chi connectivity index (χ0) is 20.5. The van der Waals surface area contributed by atoms with Gasteiger partial charge in [-0.05, 0) is 23.8 Å². The molecule has 1 atom stereocenters. The average molecular weight is 431 g/mol. The fourth-order valence-corrected chi connectivity index (χ4v) is 4.62. The zero-order valence-electron chi connectivity index (χ0n) is 15.6. The summed E-state index contributed by atoms with van der Waals surface area (Å²) in [6.45, 7) is 0.249. The van der Waals surface area contributed by atoms with E-state index in [1.807, 2.05) is 24.3 Å². The number of nitrogens with one attached hydrogen (secondary N) is 3. The second-order valence-corrected chi connectivity index (χ2v) is 8.47. The van der Waals surface area contributed by atoms with Crippen LogP contribution in [-0.4, -0.2) is 42.3 Å². The minimum atomic E-state index is -0.702. The highest BCUT2D eigenvalue weighted by Crippen LogP contribution is 2.30. The van der Waals surface area contributed by atoms with Gasteiger partial charge in [-0.15, -0.1) is 11.3 Å². The number of nitrogens with zero attached hydrogens (tertiary/aromatic N) is 1. The van der Waals surface area contributed by atoms with Crippen molar-refractivity contribution in [2.24, 2.45) is 0 Å². The summed E-state index contributed by atoms with van der Waals surface area (Å²) in [5.41, 5.74) is 2.11. The molecule has 4 rings (SSSR count). The number of thiophene rings is 1. The lowest BCUT2D eigenvalue weighted by atomic mass is 9.96. The summed E-state index contributed by atoms with van der Waals surface area (Å²) in [6.07, 6.45) is 0.586. The molecule has 3 heterocycles. The van der Waals surface area contributed by atoms with Gasteiger partial charge in [0.05, 0.1) is 4.34 Å². The van der Waals surface area contributed by atoms with Crippen LogP contribution in [0.15, 0.2) is 36.4 Å². The Morgan fingerprint density at radius 1 is 1.31 bits per heavy atom. The molecular weight excluding hydrogens is 412 g/mol. The van der Waals surface area contributed by atoms with Crippen molar-refractivity contribution in [3.63, 3.8) is 0 Å². The van der Waals surface area contributed by atoms with Gasteiger partial charge in [0, 0.05) is 37.5 Å². The molecule has 3 amide bonds. The number of anilines is 1. The van der Waals surface area contributed by atoms with Gasteiger partial charge in [0.2, 0.25) is 11.8 Å². The number of carbonyl (C=O) groups is 3. The van der Waals surface area contributed by atoms with Crippen LogP contribution < -0.4 is 15.5 Å². The van der Waals surface area contributed by atoms with E-state index < -0.39 is 6.04 Å². The first kappa shape index (κ1) is 19.5. The lowest BCUT2D eigenvalue weighted by Gasteiger charge is -2.34. The number of amides is 3. The Balaban J connectivity index is 1.55. The monoisotopic (exact) mass is 430 g/mol. The average Bonchev–Trinajstić information content (AvgIpc) is 3.25. The maximum atomic E-state index is 13.1. The Hall–Kier alpha value is -2.84. The second-order valence-electron chi connectivity index (χ2n) is 6.79. The van der Waals surface area contributed by atoms with Crippen molar-refractivity contribution in [1.29, 1.82) is 0 Å². The summed E-state index contributed by atoms with van der Waals surface area (Å²) in [4.78, 5) is 42.9. The van der Waals surface area contributed by atoms with Gasteiger partial charge < -0.3 is 20.5 Å². The highest BCUT2D eigenvalue weighted by atomic mass is 35.5. The number of hydrogen-bond donors (Lipinski definition) is 3. The normalized spacial score (nSPS) is 16.0. The number of aromatic amines is 1. The molecule has 9 heteroatoms. The minimum absolute atomic E-state index is 0.147. The number of aromatic nitrogens is 1. The third kappa shape index (κ3) is 3.86. The first-order valence-corrected chi connectivity index (χ1v) is 10.3. The number of para-hydroxylation sites is 1. The van der Waals surface area contributed by atoms with Crippen molar-refractivity contribution in [2.45, 2.75) is 18.9 Å². The van der Waals surface area contributed by atoms with Gasteiger partial charge >= 0.3 is 0 Å². The first-order valence-electron chi connectivity index (χ1n) is 9.15. The molecule has 0 radical (unpaired) electrons. The van der Waals surface area contributed by atoms with Gasteiger partial charge in [0.1, 0.15) is 16.6 Å². The largest absolute Gasteiger partial charge is 0.359 e. The summed E-state index contributed by atoms with van der Waals surface area (Å²) in [5, 5.41) is 6.25. The van der Waals surface area contributed by atoms with E-state index in [-0.39, 0.29) is 30.7 Å². The molecule has 1 aliphatic heterocycles. The third-order valence-electron chi connectivity index (χ3n) is 4.94. The molecule has 7 nitrogen and oxygen atoms in total. The molecule has 0 bridgehead atoms. The van der Waals surface area contributed by atoms with E-state index in [1.54, 1.807) is 24.1 Å². The molecule has 3 aromatic rings. The highest BCUT2D eigenvalue weighted by molar-refractivity contribution is 7.22. The number of fused-ring (bicyclic) bond motifs is 2. The van der Waals surface area contributed by atoms with E-state index in [0.717, 1.165) is 21.5 Å². The predicted molar refractivity (Wildman–Crippen MR) is 114 cm³/mol. The Kier molecular flexibility index (Phi) is 5.29. The van der Waals surface area contributed by atoms with Crippen LogP contribution in [0.5, 0.6) is 0 Å². The smallest absolute Gasteiger partial charge is 0.268 e. The first-order chi connectivity index (χ1) is 14.0. The third-order valence-corrected chi connectivity index (χ3v) is 6.14. The fraction of sp³-hybridized carbons (Fsp3) is 0.250. The van der Waals surface area contributed by atoms with Crippen molar-refractivity contribution in [2.75, 3.05) is 18.5 Å². The van der Waals surface area contributed by atoms with Gasteiger partial charge in [-0.2, -0.15) is 0 Å². The topological polar surface area (TPSA) is 94.3 Å². The van der Waals surface area contributed by atoms with E-state index in [9.17, 15) is 14.4 Å². The van der Waals surface area contributed by atoms with Crippen molar-refractivity contribution in [1.82, 2.24) is 15.6 Å². The number of benzene rings is 1. The van der Waals surface area contributed by atoms with E-state index in [1.165, 1.54) is 11.3 Å². The molecule has 0 spiro atoms. The van der Waals surface area contributed by atoms with E-state index in [4.69, 9.17) is 11.6 Å². The molecule has 3 N–H and O–H groups in total. The maximum Gasteiger partial charge on any atom is 0.268 e. The van der Waals surface area contributed by atoms with Crippen LogP contribution in [0.2, 0.25) is 4.34 Å². The van der Waals surface area contributed by atoms with Crippen LogP contribution in [0.1, 0.15) is 22.5 Å². The summed E-state index contributed by atoms with van der Waals surface area (Å²) in [5.74, 6) is -0.725. The van der Waals surface area contributed by atoms with E-state index in [2.05, 4.69) is 15.6 Å². The van der Waals surface area contributed by atoms with Gasteiger partial charge in [0.25, 0.3) is 5.91 Å². The molecule has 0 saturated carbocycles. The molecule has 0 aliphatic carbocycles. The predicted octanol–water partition coefficient (Wildman–Crippen LogP) is 2.71. The molecular formula is C20H19ClN4O3S. The highest BCUT2D eigenvalue weighted by Gasteiger charge is 2.34. The lowest BCUT2D eigenvalue weighted by molar-refractivity contribution is -0.121. The van der Waals surface area contributed by atoms with Crippen LogP contribution in [0.25, 0.3) is 10.2 Å². The Morgan fingerprint density at radius 3 is 2.86 bits per heavy atom. The number of carbonyl (C=O) groups excluding carboxylic acids is 3. The van der Waals surface area contributed by atoms with Gasteiger partial charge in [-0.25, -0.2) is 0 Å². The molecule has 1 aromatic carbocycles. The molecule has 0 fully saturated rings. The van der Waals surface area contributed by atoms with Crippen LogP contribution in [-0.2, 0) is 16.0 Å². The number of halogens is 1. The van der Waals surface area contributed by atoms with E-state index in [0.29, 0.717) is 16.5 Å². The van der Waals surface area contributed by atoms with Crippen LogP contribution >= 0.6 is 22.9 Å². The number of H-pyrrole nitrogens is 1. The van der Waals surface area contributed by atoms with Crippen molar-refractivity contribution in [3.05, 3.63) is 52.0 Å². The molecule has 0 saturated heterocycles. The molecule has 29 heavy (non-hydrogen) atoms. The van der Waals surface area contributed by atoms with Gasteiger partial charge in [-0.1, -0.05) is 29.8 Å². The minimum Gasteiger partial charge on any atom is -0.359 e. The maximum absolute atomic E-state index is 13.1. The Morgan fingerprint density at radius 2 is 2.10 bits per heavy atom. The van der Waals surface area contributed by atoms with Gasteiger partial charge in [-0.3, -0.25) is 14.4 Å². The summed E-state index contributed by atoms with van der Waals surface area (Å²) in [7, 11) is 1.56. The Bertz CT molecular complexity index is 1070. The van der Waals surface area contributed by atoms with Crippen LogP contribution in [0, 0.1) is 0 Å². The molecule has 1 aliphatic rings. The summed E-state index contributed by atoms with van der Waals surface area (Å²) < 4.78 is 0.643. The Labute approximate surface area is 176 Å². The zero-order valence-corrected chi connectivity index (χ0v) is 17.2. The summed E-state index contributed by atoms with van der Waals surface area (Å²) >= 11 is 7.33. The fourth-order valence-electron chi connectivity index (χ4n) is 3.49. The lowest BCUT2D eigenvalue weighted by Crippen LogP contribution is -2.53. The molecule has 150 valence electrons. The number of rotatable bonds is 5. The number of hydrogen-bond acceptors (Lipinski definition) is 4. The van der Waals surface area contributed by atoms with Crippen LogP contribution in [0.3, 0.4) is 0 Å². The van der Waals surface area contributed by atoms with Crippen molar-refractivity contribution < 1.29 is 14.4 Å². The second kappa shape index (κ2) is 7.88. The quantitative estimate of drug-likeness (QED) is 0.580. The molecule has 2 aromatic heterocycles. The molecule has 1 unspecified atom stereocenters. The summed E-state index contributed by atoms with van der Waals surface area (Å²) in [6, 6.07) is 10.3. The van der Waals surface area contributed by atoms with Crippen molar-refractivity contribution >= 4 is 56.6 Å².